The molecule has 0 atom stereocenters. The summed E-state index contributed by atoms with van der Waals surface area (Å²) in [6, 6.07) is 1.18. The molecule has 0 radical (unpaired) electrons. The van der Waals surface area contributed by atoms with Gasteiger partial charge in [0.15, 0.2) is 5.84 Å². The highest BCUT2D eigenvalue weighted by Gasteiger charge is 2.37. The lowest BCUT2D eigenvalue weighted by Gasteiger charge is -2.06. The van der Waals surface area contributed by atoms with Gasteiger partial charge in [0.25, 0.3) is 0 Å². The van der Waals surface area contributed by atoms with Gasteiger partial charge in [0.05, 0.1) is 0 Å². The molecule has 0 aromatic carbocycles. The standard InChI is InChI=1S/C9H10F3N3O2S/c1-4(16)17-15-8(14)6-2-5(3-13)18-7(6)9(10,11)12/h2H,3,13H2,1H3,(H2,14,15). The third kappa shape index (κ3) is 3.44. The molecule has 0 spiro atoms. The molecule has 0 aliphatic heterocycles. The molecule has 100 valence electrons. The number of halogens is 3. The number of thiophene rings is 1. The summed E-state index contributed by atoms with van der Waals surface area (Å²) in [4.78, 5) is 14.1. The fourth-order valence-electron chi connectivity index (χ4n) is 1.11. The van der Waals surface area contributed by atoms with Crippen molar-refractivity contribution in [2.24, 2.45) is 16.6 Å². The number of hydrogen-bond donors (Lipinski definition) is 2. The molecule has 1 aromatic heterocycles. The highest BCUT2D eigenvalue weighted by atomic mass is 32.1. The van der Waals surface area contributed by atoms with E-state index in [4.69, 9.17) is 11.5 Å². The molecule has 0 saturated heterocycles. The number of nitrogens with zero attached hydrogens (tertiary/aromatic N) is 1. The van der Waals surface area contributed by atoms with Crippen molar-refractivity contribution in [1.82, 2.24) is 0 Å². The van der Waals surface area contributed by atoms with E-state index < -0.39 is 22.9 Å². The molecule has 9 heteroatoms. The topological polar surface area (TPSA) is 90.7 Å². The largest absolute Gasteiger partial charge is 0.426 e. The molecule has 0 unspecified atom stereocenters. The third-order valence-electron chi connectivity index (χ3n) is 1.79. The summed E-state index contributed by atoms with van der Waals surface area (Å²) in [5.41, 5.74) is 10.3. The van der Waals surface area contributed by atoms with E-state index in [2.05, 4.69) is 9.99 Å². The molecule has 0 amide bonds. The predicted octanol–water partition coefficient (Wildman–Crippen LogP) is 1.41. The molecular weight excluding hydrogens is 271 g/mol. The highest BCUT2D eigenvalue weighted by molar-refractivity contribution is 7.12. The van der Waals surface area contributed by atoms with Crippen LogP contribution in [0.4, 0.5) is 13.2 Å². The van der Waals surface area contributed by atoms with E-state index in [1.54, 1.807) is 0 Å². The lowest BCUT2D eigenvalue weighted by atomic mass is 10.2. The molecule has 1 aromatic rings. The Morgan fingerprint density at radius 1 is 1.56 bits per heavy atom. The zero-order valence-electron chi connectivity index (χ0n) is 9.25. The van der Waals surface area contributed by atoms with Crippen LogP contribution in [0.1, 0.15) is 22.2 Å². The summed E-state index contributed by atoms with van der Waals surface area (Å²) in [5, 5.41) is 3.13. The maximum Gasteiger partial charge on any atom is 0.426 e. The summed E-state index contributed by atoms with van der Waals surface area (Å²) in [5.74, 6) is -1.30. The Hall–Kier alpha value is -1.61. The molecule has 0 saturated carbocycles. The Kier molecular flexibility index (Phi) is 4.30. The van der Waals surface area contributed by atoms with Crippen LogP contribution in [0.25, 0.3) is 0 Å². The molecule has 0 fully saturated rings. The average molecular weight is 281 g/mol. The lowest BCUT2D eigenvalue weighted by Crippen LogP contribution is -2.18. The predicted molar refractivity (Wildman–Crippen MR) is 59.7 cm³/mol. The van der Waals surface area contributed by atoms with Crippen LogP contribution in [0.5, 0.6) is 0 Å². The van der Waals surface area contributed by atoms with Crippen molar-refractivity contribution in [3.8, 4) is 0 Å². The zero-order valence-corrected chi connectivity index (χ0v) is 10.1. The molecule has 5 nitrogen and oxygen atoms in total. The van der Waals surface area contributed by atoms with E-state index in [1.165, 1.54) is 6.07 Å². The van der Waals surface area contributed by atoms with Gasteiger partial charge in [0.1, 0.15) is 4.88 Å². The Morgan fingerprint density at radius 2 is 2.17 bits per heavy atom. The van der Waals surface area contributed by atoms with Gasteiger partial charge in [-0.25, -0.2) is 4.79 Å². The van der Waals surface area contributed by atoms with Gasteiger partial charge in [-0.3, -0.25) is 0 Å². The van der Waals surface area contributed by atoms with Gasteiger partial charge in [0.2, 0.25) is 0 Å². The van der Waals surface area contributed by atoms with Crippen molar-refractivity contribution in [2.45, 2.75) is 19.6 Å². The second-order valence-electron chi connectivity index (χ2n) is 3.22. The monoisotopic (exact) mass is 281 g/mol. The molecule has 1 rings (SSSR count). The van der Waals surface area contributed by atoms with Crippen LogP contribution in [0.2, 0.25) is 0 Å². The summed E-state index contributed by atoms with van der Waals surface area (Å²) in [6.45, 7) is 1.01. The van der Waals surface area contributed by atoms with Crippen LogP contribution in [0, 0.1) is 0 Å². The number of amidine groups is 1. The normalized spacial score (nSPS) is 12.6. The van der Waals surface area contributed by atoms with Gasteiger partial charge in [-0.05, 0) is 6.07 Å². The molecule has 0 aliphatic carbocycles. The quantitative estimate of drug-likeness (QED) is 0.379. The maximum absolute atomic E-state index is 12.7. The minimum Gasteiger partial charge on any atom is -0.380 e. The van der Waals surface area contributed by atoms with E-state index in [0.29, 0.717) is 16.2 Å². The van der Waals surface area contributed by atoms with Crippen molar-refractivity contribution in [1.29, 1.82) is 0 Å². The van der Waals surface area contributed by atoms with E-state index in [-0.39, 0.29) is 12.1 Å². The van der Waals surface area contributed by atoms with Gasteiger partial charge < -0.3 is 16.3 Å². The average Bonchev–Trinajstić information content (AvgIpc) is 2.69. The zero-order chi connectivity index (χ0) is 13.9. The van der Waals surface area contributed by atoms with Crippen LogP contribution >= 0.6 is 11.3 Å². The van der Waals surface area contributed by atoms with Gasteiger partial charge in [-0.1, -0.05) is 5.16 Å². The minimum absolute atomic E-state index is 0.0470. The van der Waals surface area contributed by atoms with Gasteiger partial charge in [0, 0.05) is 23.9 Å². The van der Waals surface area contributed by atoms with Crippen LogP contribution in [-0.4, -0.2) is 11.8 Å². The van der Waals surface area contributed by atoms with E-state index in [0.717, 1.165) is 6.92 Å². The summed E-state index contributed by atoms with van der Waals surface area (Å²) < 4.78 is 38.1. The molecule has 18 heavy (non-hydrogen) atoms. The first kappa shape index (κ1) is 14.5. The summed E-state index contributed by atoms with van der Waals surface area (Å²) >= 11 is 0.478. The van der Waals surface area contributed by atoms with Crippen molar-refractivity contribution in [3.63, 3.8) is 0 Å². The Morgan fingerprint density at radius 3 is 2.61 bits per heavy atom. The molecule has 1 heterocycles. The smallest absolute Gasteiger partial charge is 0.380 e. The Bertz CT molecular complexity index is 482. The van der Waals surface area contributed by atoms with Gasteiger partial charge in [-0.2, -0.15) is 13.2 Å². The van der Waals surface area contributed by atoms with Crippen LogP contribution < -0.4 is 11.5 Å². The van der Waals surface area contributed by atoms with Crippen molar-refractivity contribution in [2.75, 3.05) is 0 Å². The molecule has 0 bridgehead atoms. The van der Waals surface area contributed by atoms with Crippen LogP contribution in [0.3, 0.4) is 0 Å². The number of hydrogen-bond acceptors (Lipinski definition) is 5. The Labute approximate surface area is 104 Å². The fraction of sp³-hybridized carbons (Fsp3) is 0.333. The number of carbonyl (C=O) groups excluding carboxylic acids is 1. The number of carbonyl (C=O) groups is 1. The van der Waals surface area contributed by atoms with E-state index in [9.17, 15) is 18.0 Å². The van der Waals surface area contributed by atoms with Gasteiger partial charge >= 0.3 is 12.1 Å². The molecular formula is C9H10F3N3O2S. The van der Waals surface area contributed by atoms with Crippen molar-refractivity contribution in [3.05, 3.63) is 21.4 Å². The number of rotatable bonds is 3. The first-order valence-corrected chi connectivity index (χ1v) is 5.48. The SMILES string of the molecule is CC(=O)O/N=C(\N)c1cc(CN)sc1C(F)(F)F. The summed E-state index contributed by atoms with van der Waals surface area (Å²) in [7, 11) is 0. The third-order valence-corrected chi connectivity index (χ3v) is 2.99. The van der Waals surface area contributed by atoms with Crippen molar-refractivity contribution < 1.29 is 22.8 Å². The Balaban J connectivity index is 3.18. The summed E-state index contributed by atoms with van der Waals surface area (Å²) in [6.07, 6.45) is -4.57. The van der Waals surface area contributed by atoms with E-state index >= 15 is 0 Å². The van der Waals surface area contributed by atoms with Crippen LogP contribution in [-0.2, 0) is 22.4 Å². The molecule has 4 N–H and O–H groups in total. The minimum atomic E-state index is -4.57. The highest BCUT2D eigenvalue weighted by Crippen LogP contribution is 2.37. The fourth-order valence-corrected chi connectivity index (χ4v) is 2.02. The second kappa shape index (κ2) is 5.36. The first-order valence-electron chi connectivity index (χ1n) is 4.67. The number of alkyl halides is 3. The van der Waals surface area contributed by atoms with Crippen LogP contribution in [0.15, 0.2) is 11.2 Å². The maximum atomic E-state index is 12.7. The van der Waals surface area contributed by atoms with Gasteiger partial charge in [-0.15, -0.1) is 11.3 Å². The second-order valence-corrected chi connectivity index (χ2v) is 4.35. The number of oxime groups is 1. The van der Waals surface area contributed by atoms with Crippen molar-refractivity contribution >= 4 is 23.1 Å². The lowest BCUT2D eigenvalue weighted by molar-refractivity contribution is -0.140. The first-order chi connectivity index (χ1) is 8.25. The molecule has 0 aliphatic rings. The number of nitrogens with two attached hydrogens (primary N) is 2. The van der Waals surface area contributed by atoms with E-state index in [1.807, 2.05) is 0 Å².